The van der Waals surface area contributed by atoms with Crippen molar-refractivity contribution in [2.45, 2.75) is 45.6 Å². The van der Waals surface area contributed by atoms with Gasteiger partial charge in [0.2, 0.25) is 0 Å². The summed E-state index contributed by atoms with van der Waals surface area (Å²) >= 11 is 0. The van der Waals surface area contributed by atoms with Gasteiger partial charge in [-0.2, -0.15) is 0 Å². The van der Waals surface area contributed by atoms with Gasteiger partial charge in [-0.15, -0.1) is 0 Å². The molecule has 0 heterocycles. The number of hydrogen-bond donors (Lipinski definition) is 1. The van der Waals surface area contributed by atoms with Gasteiger partial charge in [0.1, 0.15) is 0 Å². The number of aliphatic hydroxyl groups excluding tert-OH is 1. The van der Waals surface area contributed by atoms with Gasteiger partial charge in [0, 0.05) is 0 Å². The van der Waals surface area contributed by atoms with Crippen LogP contribution in [0.3, 0.4) is 0 Å². The summed E-state index contributed by atoms with van der Waals surface area (Å²) < 4.78 is 0. The van der Waals surface area contributed by atoms with Gasteiger partial charge in [-0.05, 0) is 23.5 Å². The zero-order chi connectivity index (χ0) is 10.6. The fourth-order valence-corrected chi connectivity index (χ4v) is 1.57. The first-order valence-corrected chi connectivity index (χ1v) is 5.43. The lowest BCUT2D eigenvalue weighted by Gasteiger charge is -2.12. The molecule has 1 N–H and O–H groups in total. The van der Waals surface area contributed by atoms with E-state index in [0.717, 1.165) is 18.4 Å². The van der Waals surface area contributed by atoms with E-state index < -0.39 is 0 Å². The first-order chi connectivity index (χ1) is 6.65. The molecule has 1 aromatic carbocycles. The molecule has 1 nitrogen and oxygen atoms in total. The minimum absolute atomic E-state index is 0.293. The molecule has 14 heavy (non-hydrogen) atoms. The fraction of sp³-hybridized carbons (Fsp3) is 0.538. The molecule has 1 rings (SSSR count). The molecule has 1 aromatic rings. The van der Waals surface area contributed by atoms with Crippen LogP contribution in [0.4, 0.5) is 0 Å². The summed E-state index contributed by atoms with van der Waals surface area (Å²) in [7, 11) is 0. The van der Waals surface area contributed by atoms with Crippen LogP contribution in [0.5, 0.6) is 0 Å². The van der Waals surface area contributed by atoms with Crippen molar-refractivity contribution in [2.75, 3.05) is 0 Å². The summed E-state index contributed by atoms with van der Waals surface area (Å²) in [6, 6.07) is 8.27. The molecule has 0 saturated carbocycles. The fourth-order valence-electron chi connectivity index (χ4n) is 1.57. The Morgan fingerprint density at radius 1 is 1.21 bits per heavy atom. The van der Waals surface area contributed by atoms with Crippen LogP contribution in [0.2, 0.25) is 0 Å². The Morgan fingerprint density at radius 2 is 1.86 bits per heavy atom. The van der Waals surface area contributed by atoms with Crippen molar-refractivity contribution in [1.29, 1.82) is 0 Å². The van der Waals surface area contributed by atoms with Gasteiger partial charge < -0.3 is 5.11 Å². The maximum atomic E-state index is 9.83. The molecule has 0 spiro atoms. The second kappa shape index (κ2) is 5.16. The predicted octanol–water partition coefficient (Wildman–Crippen LogP) is 3.64. The summed E-state index contributed by atoms with van der Waals surface area (Å²) in [4.78, 5) is 0. The van der Waals surface area contributed by atoms with E-state index in [9.17, 15) is 5.11 Å². The Morgan fingerprint density at radius 3 is 2.43 bits per heavy atom. The lowest BCUT2D eigenvalue weighted by Crippen LogP contribution is -1.98. The molecule has 0 aromatic heterocycles. The van der Waals surface area contributed by atoms with Crippen LogP contribution in [0, 0.1) is 0 Å². The highest BCUT2D eigenvalue weighted by Gasteiger charge is 2.07. The molecule has 0 amide bonds. The molecule has 0 aliphatic rings. The molecule has 0 aliphatic heterocycles. The second-order valence-corrected chi connectivity index (χ2v) is 4.13. The Kier molecular flexibility index (Phi) is 4.15. The van der Waals surface area contributed by atoms with Crippen molar-refractivity contribution >= 4 is 0 Å². The van der Waals surface area contributed by atoms with E-state index in [1.165, 1.54) is 5.56 Å². The maximum Gasteiger partial charge on any atom is 0.0790 e. The van der Waals surface area contributed by atoms with E-state index in [2.05, 4.69) is 32.9 Å². The SMILES string of the molecule is CCCC(O)c1cccc(C(C)C)c1. The molecule has 1 atom stereocenters. The second-order valence-electron chi connectivity index (χ2n) is 4.13. The molecular formula is C13H20O. The van der Waals surface area contributed by atoms with E-state index in [-0.39, 0.29) is 6.10 Å². The maximum absolute atomic E-state index is 9.83. The molecule has 0 aliphatic carbocycles. The van der Waals surface area contributed by atoms with Crippen LogP contribution >= 0.6 is 0 Å². The van der Waals surface area contributed by atoms with E-state index in [0.29, 0.717) is 5.92 Å². The zero-order valence-electron chi connectivity index (χ0n) is 9.33. The Balaban J connectivity index is 2.82. The zero-order valence-corrected chi connectivity index (χ0v) is 9.33. The van der Waals surface area contributed by atoms with Crippen LogP contribution in [0.25, 0.3) is 0 Å². The van der Waals surface area contributed by atoms with Crippen LogP contribution in [0.15, 0.2) is 24.3 Å². The van der Waals surface area contributed by atoms with Gasteiger partial charge in [0.05, 0.1) is 6.10 Å². The highest BCUT2D eigenvalue weighted by atomic mass is 16.3. The van der Waals surface area contributed by atoms with E-state index in [1.54, 1.807) is 0 Å². The van der Waals surface area contributed by atoms with Gasteiger partial charge in [0.25, 0.3) is 0 Å². The molecule has 0 bridgehead atoms. The third kappa shape index (κ3) is 2.85. The van der Waals surface area contributed by atoms with Crippen molar-refractivity contribution in [3.05, 3.63) is 35.4 Å². The highest BCUT2D eigenvalue weighted by molar-refractivity contribution is 5.27. The summed E-state index contributed by atoms with van der Waals surface area (Å²) in [5.74, 6) is 0.531. The van der Waals surface area contributed by atoms with Gasteiger partial charge in [0.15, 0.2) is 0 Å². The van der Waals surface area contributed by atoms with Crippen LogP contribution in [-0.2, 0) is 0 Å². The van der Waals surface area contributed by atoms with Gasteiger partial charge in [-0.1, -0.05) is 51.5 Å². The molecule has 1 unspecified atom stereocenters. The van der Waals surface area contributed by atoms with Crippen molar-refractivity contribution in [1.82, 2.24) is 0 Å². The average Bonchev–Trinajstić information content (AvgIpc) is 2.18. The molecule has 0 fully saturated rings. The Hall–Kier alpha value is -0.820. The van der Waals surface area contributed by atoms with Gasteiger partial charge >= 0.3 is 0 Å². The number of aliphatic hydroxyl groups is 1. The standard InChI is InChI=1S/C13H20O/c1-4-6-13(14)12-8-5-7-11(9-12)10(2)3/h5,7-10,13-14H,4,6H2,1-3H3. The summed E-state index contributed by atoms with van der Waals surface area (Å²) in [5, 5.41) is 9.83. The lowest BCUT2D eigenvalue weighted by atomic mass is 9.97. The number of rotatable bonds is 4. The van der Waals surface area contributed by atoms with Crippen molar-refractivity contribution < 1.29 is 5.11 Å². The topological polar surface area (TPSA) is 20.2 Å². The highest BCUT2D eigenvalue weighted by Crippen LogP contribution is 2.22. The third-order valence-corrected chi connectivity index (χ3v) is 2.52. The first-order valence-electron chi connectivity index (χ1n) is 5.43. The number of benzene rings is 1. The largest absolute Gasteiger partial charge is 0.388 e. The normalized spacial score (nSPS) is 13.2. The van der Waals surface area contributed by atoms with E-state index in [1.807, 2.05) is 12.1 Å². The third-order valence-electron chi connectivity index (χ3n) is 2.52. The van der Waals surface area contributed by atoms with Crippen LogP contribution in [-0.4, -0.2) is 5.11 Å². The Bertz CT molecular complexity index is 278. The molecule has 78 valence electrons. The van der Waals surface area contributed by atoms with E-state index in [4.69, 9.17) is 0 Å². The summed E-state index contributed by atoms with van der Waals surface area (Å²) in [6.07, 6.45) is 1.58. The minimum Gasteiger partial charge on any atom is -0.388 e. The monoisotopic (exact) mass is 192 g/mol. The van der Waals surface area contributed by atoms with Crippen LogP contribution in [0.1, 0.15) is 56.8 Å². The summed E-state index contributed by atoms with van der Waals surface area (Å²) in [6.45, 7) is 6.44. The molecule has 0 radical (unpaired) electrons. The molecule has 0 saturated heterocycles. The predicted molar refractivity (Wildman–Crippen MR) is 60.4 cm³/mol. The van der Waals surface area contributed by atoms with Gasteiger partial charge in [-0.3, -0.25) is 0 Å². The smallest absolute Gasteiger partial charge is 0.0790 e. The minimum atomic E-state index is -0.293. The number of hydrogen-bond acceptors (Lipinski definition) is 1. The van der Waals surface area contributed by atoms with Crippen molar-refractivity contribution in [3.8, 4) is 0 Å². The van der Waals surface area contributed by atoms with E-state index >= 15 is 0 Å². The summed E-state index contributed by atoms with van der Waals surface area (Å²) in [5.41, 5.74) is 2.36. The molecule has 1 heteroatoms. The lowest BCUT2D eigenvalue weighted by molar-refractivity contribution is 0.166. The van der Waals surface area contributed by atoms with Crippen molar-refractivity contribution in [3.63, 3.8) is 0 Å². The quantitative estimate of drug-likeness (QED) is 0.772. The van der Waals surface area contributed by atoms with Crippen molar-refractivity contribution in [2.24, 2.45) is 0 Å². The average molecular weight is 192 g/mol. The molecular weight excluding hydrogens is 172 g/mol. The van der Waals surface area contributed by atoms with Crippen LogP contribution < -0.4 is 0 Å². The van der Waals surface area contributed by atoms with Gasteiger partial charge in [-0.25, -0.2) is 0 Å². The first kappa shape index (κ1) is 11.3. The Labute approximate surface area is 86.8 Å².